The SMILES string of the molecule is COc1cccc(C(=O)NNC(=O)c2ccc3c(c2)CN(C2CCC(=O)NC2=O)C3=O)n1. The van der Waals surface area contributed by atoms with E-state index in [9.17, 15) is 24.0 Å². The van der Waals surface area contributed by atoms with Crippen molar-refractivity contribution >= 4 is 29.5 Å². The van der Waals surface area contributed by atoms with Crippen molar-refractivity contribution in [3.05, 3.63) is 58.8 Å². The molecule has 1 saturated heterocycles. The van der Waals surface area contributed by atoms with E-state index in [1.807, 2.05) is 0 Å². The number of nitrogens with one attached hydrogen (secondary N) is 3. The van der Waals surface area contributed by atoms with Gasteiger partial charge in [0.05, 0.1) is 7.11 Å². The fourth-order valence-electron chi connectivity index (χ4n) is 3.62. The molecule has 1 aromatic carbocycles. The van der Waals surface area contributed by atoms with Gasteiger partial charge in [0.15, 0.2) is 0 Å². The van der Waals surface area contributed by atoms with Crippen LogP contribution < -0.4 is 20.9 Å². The lowest BCUT2D eigenvalue weighted by atomic mass is 10.0. The minimum Gasteiger partial charge on any atom is -0.481 e. The van der Waals surface area contributed by atoms with Gasteiger partial charge in [0.1, 0.15) is 11.7 Å². The number of carbonyl (C=O) groups is 5. The number of nitrogens with zero attached hydrogens (tertiary/aromatic N) is 2. The smallest absolute Gasteiger partial charge is 0.288 e. The first-order valence-electron chi connectivity index (χ1n) is 9.76. The molecule has 4 rings (SSSR count). The van der Waals surface area contributed by atoms with Gasteiger partial charge >= 0.3 is 0 Å². The van der Waals surface area contributed by atoms with Crippen LogP contribution in [0.15, 0.2) is 36.4 Å². The molecule has 5 amide bonds. The lowest BCUT2D eigenvalue weighted by Crippen LogP contribution is -2.52. The second kappa shape index (κ2) is 8.46. The van der Waals surface area contributed by atoms with Crippen molar-refractivity contribution in [2.75, 3.05) is 7.11 Å². The zero-order chi connectivity index (χ0) is 22.8. The first-order valence-corrected chi connectivity index (χ1v) is 9.76. The van der Waals surface area contributed by atoms with Gasteiger partial charge in [0.25, 0.3) is 17.7 Å². The van der Waals surface area contributed by atoms with Crippen LogP contribution in [0.4, 0.5) is 0 Å². The summed E-state index contributed by atoms with van der Waals surface area (Å²) in [6.07, 6.45) is 0.411. The van der Waals surface area contributed by atoms with E-state index in [0.29, 0.717) is 11.1 Å². The van der Waals surface area contributed by atoms with Crippen molar-refractivity contribution in [2.24, 2.45) is 0 Å². The number of fused-ring (bicyclic) bond motifs is 1. The third kappa shape index (κ3) is 4.00. The van der Waals surface area contributed by atoms with Gasteiger partial charge in [-0.1, -0.05) is 6.07 Å². The number of methoxy groups -OCH3 is 1. The first kappa shape index (κ1) is 21.0. The fraction of sp³-hybridized carbons (Fsp3) is 0.238. The van der Waals surface area contributed by atoms with Crippen LogP contribution in [-0.4, -0.2) is 52.6 Å². The van der Waals surface area contributed by atoms with Gasteiger partial charge in [0, 0.05) is 30.2 Å². The van der Waals surface area contributed by atoms with Gasteiger partial charge in [-0.25, -0.2) is 4.98 Å². The average Bonchev–Trinajstić information content (AvgIpc) is 3.12. The van der Waals surface area contributed by atoms with Gasteiger partial charge in [-0.05, 0) is 36.2 Å². The molecule has 1 aromatic heterocycles. The molecule has 0 spiro atoms. The number of benzene rings is 1. The van der Waals surface area contributed by atoms with Crippen molar-refractivity contribution in [2.45, 2.75) is 25.4 Å². The Hall–Kier alpha value is -4.28. The van der Waals surface area contributed by atoms with E-state index in [1.54, 1.807) is 12.1 Å². The number of piperidine rings is 1. The maximum absolute atomic E-state index is 12.7. The molecule has 32 heavy (non-hydrogen) atoms. The highest BCUT2D eigenvalue weighted by Crippen LogP contribution is 2.28. The van der Waals surface area contributed by atoms with Gasteiger partial charge < -0.3 is 9.64 Å². The molecule has 0 saturated carbocycles. The molecule has 2 aliphatic rings. The zero-order valence-electron chi connectivity index (χ0n) is 17.0. The molecule has 0 radical (unpaired) electrons. The van der Waals surface area contributed by atoms with Crippen molar-refractivity contribution in [1.29, 1.82) is 0 Å². The molecular weight excluding hydrogens is 418 g/mol. The predicted molar refractivity (Wildman–Crippen MR) is 108 cm³/mol. The van der Waals surface area contributed by atoms with Crippen LogP contribution in [0.1, 0.15) is 49.6 Å². The molecule has 1 atom stereocenters. The van der Waals surface area contributed by atoms with Gasteiger partial charge in [-0.3, -0.25) is 40.1 Å². The molecular formula is C21H19N5O6. The molecule has 1 unspecified atom stereocenters. The monoisotopic (exact) mass is 437 g/mol. The second-order valence-electron chi connectivity index (χ2n) is 7.25. The van der Waals surface area contributed by atoms with Gasteiger partial charge in [0.2, 0.25) is 17.7 Å². The van der Waals surface area contributed by atoms with Crippen LogP contribution in [0.5, 0.6) is 5.88 Å². The molecule has 0 aliphatic carbocycles. The van der Waals surface area contributed by atoms with Crippen molar-refractivity contribution in [1.82, 2.24) is 26.1 Å². The number of rotatable bonds is 4. The molecule has 2 aliphatic heterocycles. The number of pyridine rings is 1. The summed E-state index contributed by atoms with van der Waals surface area (Å²) in [6, 6.07) is 8.39. The Balaban J connectivity index is 1.42. The quantitative estimate of drug-likeness (QED) is 0.448. The van der Waals surface area contributed by atoms with E-state index in [1.165, 1.54) is 36.3 Å². The van der Waals surface area contributed by atoms with Gasteiger partial charge in [-0.15, -0.1) is 0 Å². The Morgan fingerprint density at radius 3 is 2.66 bits per heavy atom. The number of hydrogen-bond donors (Lipinski definition) is 3. The second-order valence-corrected chi connectivity index (χ2v) is 7.25. The normalized spacial score (nSPS) is 17.5. The third-order valence-electron chi connectivity index (χ3n) is 5.24. The Kier molecular flexibility index (Phi) is 5.54. The molecule has 11 heteroatoms. The van der Waals surface area contributed by atoms with Crippen LogP contribution in [0.25, 0.3) is 0 Å². The molecule has 1 fully saturated rings. The number of hydrazine groups is 1. The summed E-state index contributed by atoms with van der Waals surface area (Å²) in [6.45, 7) is 0.141. The standard InChI is InChI=1S/C21H19N5O6/c1-32-17-4-2-3-14(22-17)19(29)25-24-18(28)11-5-6-13-12(9-11)10-26(21(13)31)15-7-8-16(27)23-20(15)30/h2-6,9,15H,7-8,10H2,1H3,(H,24,28)(H,25,29)(H,23,27,30). The summed E-state index contributed by atoms with van der Waals surface area (Å²) in [5.41, 5.74) is 5.82. The van der Waals surface area contributed by atoms with E-state index in [4.69, 9.17) is 4.74 Å². The lowest BCUT2D eigenvalue weighted by Gasteiger charge is -2.29. The number of amides is 5. The van der Waals surface area contributed by atoms with E-state index >= 15 is 0 Å². The number of hydrogen-bond acceptors (Lipinski definition) is 7. The third-order valence-corrected chi connectivity index (χ3v) is 5.24. The largest absolute Gasteiger partial charge is 0.481 e. The highest BCUT2D eigenvalue weighted by Gasteiger charge is 2.39. The molecule has 3 N–H and O–H groups in total. The number of aromatic nitrogens is 1. The van der Waals surface area contributed by atoms with Crippen LogP contribution >= 0.6 is 0 Å². The van der Waals surface area contributed by atoms with Crippen LogP contribution in [0.3, 0.4) is 0 Å². The van der Waals surface area contributed by atoms with Crippen LogP contribution in [0, 0.1) is 0 Å². The Labute approximate surface area is 182 Å². The van der Waals surface area contributed by atoms with E-state index < -0.39 is 23.8 Å². The van der Waals surface area contributed by atoms with E-state index in [-0.39, 0.29) is 48.3 Å². The van der Waals surface area contributed by atoms with Gasteiger partial charge in [-0.2, -0.15) is 0 Å². The topological polar surface area (TPSA) is 147 Å². The molecule has 0 bridgehead atoms. The maximum Gasteiger partial charge on any atom is 0.288 e. The first-order chi connectivity index (χ1) is 15.4. The van der Waals surface area contributed by atoms with Crippen molar-refractivity contribution in [3.63, 3.8) is 0 Å². The highest BCUT2D eigenvalue weighted by atomic mass is 16.5. The van der Waals surface area contributed by atoms with Crippen LogP contribution in [-0.2, 0) is 16.1 Å². The molecule has 3 heterocycles. The Bertz CT molecular complexity index is 1150. The number of ether oxygens (including phenoxy) is 1. The van der Waals surface area contributed by atoms with Crippen LogP contribution in [0.2, 0.25) is 0 Å². The van der Waals surface area contributed by atoms with Crippen molar-refractivity contribution < 1.29 is 28.7 Å². The maximum atomic E-state index is 12.7. The lowest BCUT2D eigenvalue weighted by molar-refractivity contribution is -0.136. The predicted octanol–water partition coefficient (Wildman–Crippen LogP) is -0.0740. The Morgan fingerprint density at radius 2 is 1.91 bits per heavy atom. The minimum absolute atomic E-state index is 0.0593. The summed E-state index contributed by atoms with van der Waals surface area (Å²) in [5.74, 6) is -2.16. The summed E-state index contributed by atoms with van der Waals surface area (Å²) in [4.78, 5) is 66.3. The zero-order valence-corrected chi connectivity index (χ0v) is 17.0. The number of imide groups is 1. The Morgan fingerprint density at radius 1 is 1.12 bits per heavy atom. The summed E-state index contributed by atoms with van der Waals surface area (Å²) < 4.78 is 4.96. The van der Waals surface area contributed by atoms with E-state index in [0.717, 1.165) is 0 Å². The average molecular weight is 437 g/mol. The summed E-state index contributed by atoms with van der Waals surface area (Å²) in [5, 5.41) is 2.24. The molecule has 11 nitrogen and oxygen atoms in total. The fourth-order valence-corrected chi connectivity index (χ4v) is 3.62. The summed E-state index contributed by atoms with van der Waals surface area (Å²) in [7, 11) is 1.42. The van der Waals surface area contributed by atoms with Crippen molar-refractivity contribution in [3.8, 4) is 5.88 Å². The highest BCUT2D eigenvalue weighted by molar-refractivity contribution is 6.06. The molecule has 164 valence electrons. The minimum atomic E-state index is -0.737. The molecule has 2 aromatic rings. The van der Waals surface area contributed by atoms with E-state index in [2.05, 4.69) is 21.2 Å². The summed E-state index contributed by atoms with van der Waals surface area (Å²) >= 11 is 0. The number of carbonyl (C=O) groups excluding carboxylic acids is 5.